The third-order valence-corrected chi connectivity index (χ3v) is 4.04. The third kappa shape index (κ3) is 2.73. The van der Waals surface area contributed by atoms with Crippen LogP contribution < -0.4 is 4.74 Å². The lowest BCUT2D eigenvalue weighted by Crippen LogP contribution is -2.08. The van der Waals surface area contributed by atoms with E-state index in [1.54, 1.807) is 18.9 Å². The van der Waals surface area contributed by atoms with Crippen LogP contribution >= 0.6 is 11.8 Å². The molecule has 3 heteroatoms. The number of carbonyl (C=O) groups excluding carboxylic acids is 1. The number of rotatable bonds is 4. The minimum absolute atomic E-state index is 0.0179. The number of hydrogen-bond donors (Lipinski definition) is 0. The monoisotopic (exact) mass is 286 g/mol. The molecule has 2 aromatic carbocycles. The molecule has 0 aromatic heterocycles. The van der Waals surface area contributed by atoms with Crippen molar-refractivity contribution in [2.24, 2.45) is 0 Å². The first-order valence-corrected chi connectivity index (χ1v) is 7.64. The number of aryl methyl sites for hydroxylation is 2. The topological polar surface area (TPSA) is 26.3 Å². The predicted octanol–water partition coefficient (Wildman–Crippen LogP) is 4.26. The first-order valence-electron chi connectivity index (χ1n) is 6.41. The summed E-state index contributed by atoms with van der Waals surface area (Å²) in [5, 5.41) is 0. The molecule has 0 amide bonds. The second kappa shape index (κ2) is 6.14. The molecule has 0 fully saturated rings. The van der Waals surface area contributed by atoms with E-state index in [1.165, 1.54) is 0 Å². The zero-order valence-corrected chi connectivity index (χ0v) is 13.0. The molecule has 0 saturated heterocycles. The number of ether oxygens (including phenoxy) is 1. The van der Waals surface area contributed by atoms with Crippen LogP contribution in [0.15, 0.2) is 41.3 Å². The van der Waals surface area contributed by atoms with Gasteiger partial charge in [-0.3, -0.25) is 4.79 Å². The Balaban J connectivity index is 2.59. The fourth-order valence-electron chi connectivity index (χ4n) is 2.35. The lowest BCUT2D eigenvalue weighted by atomic mass is 9.96. The van der Waals surface area contributed by atoms with E-state index < -0.39 is 0 Å². The van der Waals surface area contributed by atoms with Crippen LogP contribution in [0.25, 0.3) is 0 Å². The Hall–Kier alpha value is -1.74. The van der Waals surface area contributed by atoms with Gasteiger partial charge in [0.2, 0.25) is 0 Å². The van der Waals surface area contributed by atoms with Crippen LogP contribution in [0.3, 0.4) is 0 Å². The maximum atomic E-state index is 12.8. The minimum Gasteiger partial charge on any atom is -0.496 e. The van der Waals surface area contributed by atoms with Gasteiger partial charge in [-0.1, -0.05) is 18.2 Å². The quantitative estimate of drug-likeness (QED) is 0.620. The molecule has 0 radical (unpaired) electrons. The normalized spacial score (nSPS) is 10.4. The second-order valence-corrected chi connectivity index (χ2v) is 5.54. The van der Waals surface area contributed by atoms with Crippen molar-refractivity contribution >= 4 is 17.5 Å². The number of hydrogen-bond acceptors (Lipinski definition) is 3. The average Bonchev–Trinajstić information content (AvgIpc) is 2.45. The Kier molecular flexibility index (Phi) is 4.50. The summed E-state index contributed by atoms with van der Waals surface area (Å²) in [5.74, 6) is 0.660. The number of ketones is 1. The molecule has 0 unspecified atom stereocenters. The van der Waals surface area contributed by atoms with Gasteiger partial charge in [-0.15, -0.1) is 11.8 Å². The summed E-state index contributed by atoms with van der Waals surface area (Å²) in [4.78, 5) is 13.8. The molecule has 0 aliphatic rings. The SMILES string of the molecule is COc1cc(C)cc(C)c1C(=O)c1ccccc1SC. The van der Waals surface area contributed by atoms with Gasteiger partial charge in [-0.25, -0.2) is 0 Å². The summed E-state index contributed by atoms with van der Waals surface area (Å²) in [6.07, 6.45) is 1.98. The standard InChI is InChI=1S/C17H18O2S/c1-11-9-12(2)16(14(10-11)19-3)17(18)13-7-5-6-8-15(13)20-4/h5-10H,1-4H3. The third-order valence-electron chi connectivity index (χ3n) is 3.24. The molecule has 0 bridgehead atoms. The van der Waals surface area contributed by atoms with Gasteiger partial charge in [-0.2, -0.15) is 0 Å². The van der Waals surface area contributed by atoms with E-state index in [0.29, 0.717) is 11.3 Å². The van der Waals surface area contributed by atoms with Gasteiger partial charge in [0.05, 0.1) is 12.7 Å². The Labute approximate surface area is 124 Å². The number of methoxy groups -OCH3 is 1. The van der Waals surface area contributed by atoms with Gasteiger partial charge < -0.3 is 4.74 Å². The number of benzene rings is 2. The van der Waals surface area contributed by atoms with Crippen molar-refractivity contribution in [2.75, 3.05) is 13.4 Å². The van der Waals surface area contributed by atoms with Crippen molar-refractivity contribution in [1.82, 2.24) is 0 Å². The van der Waals surface area contributed by atoms with Gasteiger partial charge in [-0.05, 0) is 49.4 Å². The summed E-state index contributed by atoms with van der Waals surface area (Å²) in [6, 6.07) is 11.6. The first kappa shape index (κ1) is 14.7. The molecule has 0 atom stereocenters. The highest BCUT2D eigenvalue weighted by Crippen LogP contribution is 2.30. The van der Waals surface area contributed by atoms with Crippen LogP contribution in [0.1, 0.15) is 27.0 Å². The molecule has 0 heterocycles. The van der Waals surface area contributed by atoms with Gasteiger partial charge >= 0.3 is 0 Å². The summed E-state index contributed by atoms with van der Waals surface area (Å²) >= 11 is 1.58. The highest BCUT2D eigenvalue weighted by Gasteiger charge is 2.19. The minimum atomic E-state index is 0.0179. The van der Waals surface area contributed by atoms with E-state index in [4.69, 9.17) is 4.74 Å². The van der Waals surface area contributed by atoms with E-state index >= 15 is 0 Å². The van der Waals surface area contributed by atoms with Crippen LogP contribution in [0.4, 0.5) is 0 Å². The van der Waals surface area contributed by atoms with E-state index in [0.717, 1.165) is 21.6 Å². The second-order valence-electron chi connectivity index (χ2n) is 4.69. The molecule has 0 spiro atoms. The van der Waals surface area contributed by atoms with E-state index in [2.05, 4.69) is 0 Å². The highest BCUT2D eigenvalue weighted by molar-refractivity contribution is 7.98. The number of thioether (sulfide) groups is 1. The first-order chi connectivity index (χ1) is 9.58. The Morgan fingerprint density at radius 2 is 1.85 bits per heavy atom. The largest absolute Gasteiger partial charge is 0.496 e. The summed E-state index contributed by atoms with van der Waals surface area (Å²) in [7, 11) is 1.60. The summed E-state index contributed by atoms with van der Waals surface area (Å²) < 4.78 is 5.40. The van der Waals surface area contributed by atoms with Crippen LogP contribution in [0.5, 0.6) is 5.75 Å². The molecule has 2 nitrogen and oxygen atoms in total. The molecular weight excluding hydrogens is 268 g/mol. The van der Waals surface area contributed by atoms with Crippen LogP contribution in [0, 0.1) is 13.8 Å². The maximum absolute atomic E-state index is 12.8. The zero-order valence-electron chi connectivity index (χ0n) is 12.2. The maximum Gasteiger partial charge on any atom is 0.198 e. The zero-order chi connectivity index (χ0) is 14.7. The van der Waals surface area contributed by atoms with E-state index in [1.807, 2.05) is 56.5 Å². The Morgan fingerprint density at radius 3 is 2.50 bits per heavy atom. The van der Waals surface area contributed by atoms with E-state index in [-0.39, 0.29) is 5.78 Å². The molecule has 2 aromatic rings. The van der Waals surface area contributed by atoms with Gasteiger partial charge in [0, 0.05) is 10.5 Å². The Morgan fingerprint density at radius 1 is 1.15 bits per heavy atom. The predicted molar refractivity (Wildman–Crippen MR) is 84.1 cm³/mol. The molecule has 0 N–H and O–H groups in total. The summed E-state index contributed by atoms with van der Waals surface area (Å²) in [5.41, 5.74) is 3.42. The van der Waals surface area contributed by atoms with Gasteiger partial charge in [0.25, 0.3) is 0 Å². The van der Waals surface area contributed by atoms with Crippen molar-refractivity contribution in [3.63, 3.8) is 0 Å². The molecular formula is C17H18O2S. The lowest BCUT2D eigenvalue weighted by Gasteiger charge is -2.13. The molecule has 0 aliphatic heterocycles. The molecule has 0 saturated carbocycles. The van der Waals surface area contributed by atoms with Crippen LogP contribution in [-0.2, 0) is 0 Å². The number of carbonyl (C=O) groups is 1. The van der Waals surface area contributed by atoms with E-state index in [9.17, 15) is 4.79 Å². The average molecular weight is 286 g/mol. The van der Waals surface area contributed by atoms with Crippen molar-refractivity contribution in [2.45, 2.75) is 18.7 Å². The fourth-order valence-corrected chi connectivity index (χ4v) is 2.94. The molecule has 2 rings (SSSR count). The molecule has 0 aliphatic carbocycles. The highest BCUT2D eigenvalue weighted by atomic mass is 32.2. The van der Waals surface area contributed by atoms with Gasteiger partial charge in [0.15, 0.2) is 5.78 Å². The molecule has 20 heavy (non-hydrogen) atoms. The lowest BCUT2D eigenvalue weighted by molar-refractivity contribution is 0.103. The van der Waals surface area contributed by atoms with Crippen molar-refractivity contribution in [3.8, 4) is 5.75 Å². The van der Waals surface area contributed by atoms with Crippen LogP contribution in [-0.4, -0.2) is 19.1 Å². The fraction of sp³-hybridized carbons (Fsp3) is 0.235. The summed E-state index contributed by atoms with van der Waals surface area (Å²) in [6.45, 7) is 3.95. The van der Waals surface area contributed by atoms with Gasteiger partial charge in [0.1, 0.15) is 5.75 Å². The smallest absolute Gasteiger partial charge is 0.198 e. The van der Waals surface area contributed by atoms with Crippen molar-refractivity contribution < 1.29 is 9.53 Å². The van der Waals surface area contributed by atoms with Crippen LogP contribution in [0.2, 0.25) is 0 Å². The van der Waals surface area contributed by atoms with Crippen molar-refractivity contribution in [3.05, 3.63) is 58.7 Å². The Bertz CT molecular complexity index is 647. The molecule has 104 valence electrons. The van der Waals surface area contributed by atoms with Crippen molar-refractivity contribution in [1.29, 1.82) is 0 Å².